The summed E-state index contributed by atoms with van der Waals surface area (Å²) in [5.41, 5.74) is 5.35. The van der Waals surface area contributed by atoms with Crippen molar-refractivity contribution >= 4 is 17.8 Å². The first-order chi connectivity index (χ1) is 12.3. The number of hydrogen-bond acceptors (Lipinski definition) is 6. The molecule has 0 radical (unpaired) electrons. The first-order valence-electron chi connectivity index (χ1n) is 7.97. The number of aliphatic carboxylic acids is 1. The molecule has 26 heavy (non-hydrogen) atoms. The number of nitrogens with zero attached hydrogens (tertiary/aromatic N) is 1. The van der Waals surface area contributed by atoms with Crippen LogP contribution < -0.4 is 19.9 Å². The molecule has 0 bridgehead atoms. The van der Waals surface area contributed by atoms with E-state index < -0.39 is 17.8 Å². The van der Waals surface area contributed by atoms with Gasteiger partial charge in [0.1, 0.15) is 0 Å². The zero-order chi connectivity index (χ0) is 19.4. The van der Waals surface area contributed by atoms with Crippen LogP contribution in [-0.2, 0) is 9.59 Å². The summed E-state index contributed by atoms with van der Waals surface area (Å²) in [7, 11) is 2.77. The molecule has 9 nitrogen and oxygen atoms in total. The standard InChI is InChI=1S/C17H22N2O7/c1-9-6-19(7-11(9)17(22)23)16(21)10-4-12(24-2)15(13(5-10)25-3)26-8-14(18)20/h4-5,9,11H,6-8H2,1-3H3,(H2,18,20)(H,22,23)/t9-,11-/m1/s1. The second-order valence-corrected chi connectivity index (χ2v) is 6.10. The molecule has 1 aromatic carbocycles. The summed E-state index contributed by atoms with van der Waals surface area (Å²) in [4.78, 5) is 36.5. The topological polar surface area (TPSA) is 128 Å². The molecule has 9 heteroatoms. The van der Waals surface area contributed by atoms with Gasteiger partial charge in [0.25, 0.3) is 11.8 Å². The van der Waals surface area contributed by atoms with Crippen molar-refractivity contribution in [2.45, 2.75) is 6.92 Å². The number of carboxylic acids is 1. The number of nitrogens with two attached hydrogens (primary N) is 1. The molecule has 1 heterocycles. The lowest BCUT2D eigenvalue weighted by molar-refractivity contribution is -0.142. The van der Waals surface area contributed by atoms with E-state index in [1.807, 2.05) is 0 Å². The fourth-order valence-corrected chi connectivity index (χ4v) is 2.93. The Morgan fingerprint density at radius 1 is 1.19 bits per heavy atom. The van der Waals surface area contributed by atoms with Gasteiger partial charge >= 0.3 is 5.97 Å². The van der Waals surface area contributed by atoms with Gasteiger partial charge in [-0.1, -0.05) is 6.92 Å². The van der Waals surface area contributed by atoms with Gasteiger partial charge < -0.3 is 30.0 Å². The minimum Gasteiger partial charge on any atom is -0.493 e. The van der Waals surface area contributed by atoms with Crippen molar-refractivity contribution in [3.8, 4) is 17.2 Å². The van der Waals surface area contributed by atoms with Crippen LogP contribution in [0.1, 0.15) is 17.3 Å². The van der Waals surface area contributed by atoms with Crippen molar-refractivity contribution in [3.05, 3.63) is 17.7 Å². The SMILES string of the molecule is COc1cc(C(=O)N2C[C@@H](C)[C@H](C(=O)O)C2)cc(OC)c1OCC(N)=O. The zero-order valence-corrected chi connectivity index (χ0v) is 14.9. The molecule has 0 aromatic heterocycles. The highest BCUT2D eigenvalue weighted by Crippen LogP contribution is 2.39. The highest BCUT2D eigenvalue weighted by Gasteiger charge is 2.37. The zero-order valence-electron chi connectivity index (χ0n) is 14.9. The second-order valence-electron chi connectivity index (χ2n) is 6.10. The Morgan fingerprint density at radius 2 is 1.77 bits per heavy atom. The van der Waals surface area contributed by atoms with Crippen LogP contribution in [0.5, 0.6) is 17.2 Å². The van der Waals surface area contributed by atoms with E-state index in [-0.39, 0.29) is 47.8 Å². The number of benzene rings is 1. The van der Waals surface area contributed by atoms with Crippen LogP contribution in [-0.4, -0.2) is 61.7 Å². The Kier molecular flexibility index (Phi) is 5.91. The predicted molar refractivity (Wildman–Crippen MR) is 90.4 cm³/mol. The molecule has 1 aliphatic heterocycles. The first-order valence-corrected chi connectivity index (χ1v) is 7.97. The van der Waals surface area contributed by atoms with Gasteiger partial charge in [-0.05, 0) is 18.1 Å². The molecule has 0 aliphatic carbocycles. The lowest BCUT2D eigenvalue weighted by Crippen LogP contribution is -2.30. The largest absolute Gasteiger partial charge is 0.493 e. The highest BCUT2D eigenvalue weighted by molar-refractivity contribution is 5.96. The van der Waals surface area contributed by atoms with E-state index >= 15 is 0 Å². The highest BCUT2D eigenvalue weighted by atomic mass is 16.5. The average molecular weight is 366 g/mol. The molecule has 142 valence electrons. The van der Waals surface area contributed by atoms with Crippen LogP contribution in [0, 0.1) is 11.8 Å². The van der Waals surface area contributed by atoms with E-state index in [1.54, 1.807) is 6.92 Å². The summed E-state index contributed by atoms with van der Waals surface area (Å²) in [6, 6.07) is 2.92. The van der Waals surface area contributed by atoms with E-state index in [4.69, 9.17) is 19.9 Å². The molecule has 0 unspecified atom stereocenters. The second kappa shape index (κ2) is 7.94. The van der Waals surface area contributed by atoms with Crippen LogP contribution in [0.2, 0.25) is 0 Å². The number of likely N-dealkylation sites (tertiary alicyclic amines) is 1. The Balaban J connectivity index is 2.30. The molecule has 1 saturated heterocycles. The van der Waals surface area contributed by atoms with Gasteiger partial charge in [-0.3, -0.25) is 14.4 Å². The van der Waals surface area contributed by atoms with E-state index in [1.165, 1.54) is 31.3 Å². The third-order valence-electron chi connectivity index (χ3n) is 4.28. The Morgan fingerprint density at radius 3 is 2.19 bits per heavy atom. The minimum atomic E-state index is -0.918. The summed E-state index contributed by atoms with van der Waals surface area (Å²) < 4.78 is 15.8. The van der Waals surface area contributed by atoms with Crippen LogP contribution >= 0.6 is 0 Å². The van der Waals surface area contributed by atoms with E-state index in [0.717, 1.165) is 0 Å². The van der Waals surface area contributed by atoms with Gasteiger partial charge in [-0.2, -0.15) is 0 Å². The fourth-order valence-electron chi connectivity index (χ4n) is 2.93. The number of hydrogen-bond donors (Lipinski definition) is 2. The van der Waals surface area contributed by atoms with Gasteiger partial charge in [-0.25, -0.2) is 0 Å². The van der Waals surface area contributed by atoms with Crippen LogP contribution in [0.3, 0.4) is 0 Å². The number of ether oxygens (including phenoxy) is 3. The normalized spacial score (nSPS) is 19.1. The molecule has 0 spiro atoms. The first kappa shape index (κ1) is 19.4. The third-order valence-corrected chi connectivity index (χ3v) is 4.28. The summed E-state index contributed by atoms with van der Waals surface area (Å²) in [6.07, 6.45) is 0. The van der Waals surface area contributed by atoms with Gasteiger partial charge in [0.15, 0.2) is 18.1 Å². The lowest BCUT2D eigenvalue weighted by atomic mass is 9.99. The molecule has 2 rings (SSSR count). The number of carboxylic acid groups (broad SMARTS) is 1. The van der Waals surface area contributed by atoms with Gasteiger partial charge in [0.2, 0.25) is 5.75 Å². The van der Waals surface area contributed by atoms with Gasteiger partial charge in [0.05, 0.1) is 20.1 Å². The number of primary amides is 1. The Labute approximate surface area is 150 Å². The Bertz CT molecular complexity index is 694. The van der Waals surface area contributed by atoms with Crippen LogP contribution in [0.15, 0.2) is 12.1 Å². The molecular weight excluding hydrogens is 344 g/mol. The van der Waals surface area contributed by atoms with Crippen molar-refractivity contribution in [2.24, 2.45) is 17.6 Å². The van der Waals surface area contributed by atoms with Gasteiger partial charge in [-0.15, -0.1) is 0 Å². The van der Waals surface area contributed by atoms with Gasteiger partial charge in [0, 0.05) is 18.7 Å². The molecule has 2 amide bonds. The van der Waals surface area contributed by atoms with Crippen molar-refractivity contribution < 1.29 is 33.7 Å². The summed E-state index contributed by atoms with van der Waals surface area (Å²) >= 11 is 0. The maximum absolute atomic E-state index is 12.8. The monoisotopic (exact) mass is 366 g/mol. The molecule has 1 aliphatic rings. The van der Waals surface area contributed by atoms with Crippen molar-refractivity contribution in [3.63, 3.8) is 0 Å². The quantitative estimate of drug-likeness (QED) is 0.713. The molecule has 0 saturated carbocycles. The Hall–Kier alpha value is -2.97. The van der Waals surface area contributed by atoms with E-state index in [0.29, 0.717) is 6.54 Å². The summed E-state index contributed by atoms with van der Waals surface area (Å²) in [5.74, 6) is -2.09. The van der Waals surface area contributed by atoms with Crippen molar-refractivity contribution in [1.29, 1.82) is 0 Å². The molecule has 1 aromatic rings. The lowest BCUT2D eigenvalue weighted by Gasteiger charge is -2.19. The number of methoxy groups -OCH3 is 2. The number of carbonyl (C=O) groups is 3. The van der Waals surface area contributed by atoms with Crippen LogP contribution in [0.25, 0.3) is 0 Å². The molecule has 1 fully saturated rings. The third kappa shape index (κ3) is 3.98. The number of rotatable bonds is 7. The van der Waals surface area contributed by atoms with Crippen molar-refractivity contribution in [1.82, 2.24) is 4.90 Å². The maximum Gasteiger partial charge on any atom is 0.308 e. The average Bonchev–Trinajstić information content (AvgIpc) is 3.00. The molecule has 3 N–H and O–H groups in total. The molecular formula is C17H22N2O7. The number of amides is 2. The smallest absolute Gasteiger partial charge is 0.308 e. The minimum absolute atomic E-state index is 0.139. The molecule has 2 atom stereocenters. The summed E-state index contributed by atoms with van der Waals surface area (Å²) in [6.45, 7) is 1.91. The maximum atomic E-state index is 12.8. The predicted octanol–water partition coefficient (Wildman–Crippen LogP) is 0.361. The van der Waals surface area contributed by atoms with Crippen molar-refractivity contribution in [2.75, 3.05) is 33.9 Å². The van der Waals surface area contributed by atoms with Crippen LogP contribution in [0.4, 0.5) is 0 Å². The summed E-state index contributed by atoms with van der Waals surface area (Å²) in [5, 5.41) is 9.23. The fraction of sp³-hybridized carbons (Fsp3) is 0.471. The van der Waals surface area contributed by atoms with E-state index in [9.17, 15) is 19.5 Å². The number of carbonyl (C=O) groups excluding carboxylic acids is 2. The van der Waals surface area contributed by atoms with E-state index in [2.05, 4.69) is 0 Å².